The number of ether oxygens (including phenoxy) is 1. The summed E-state index contributed by atoms with van der Waals surface area (Å²) in [6.07, 6.45) is 0.801. The number of hydrogen-bond acceptors (Lipinski definition) is 6. The molecule has 2 heterocycles. The highest BCUT2D eigenvalue weighted by Crippen LogP contribution is 2.21. The summed E-state index contributed by atoms with van der Waals surface area (Å²) in [7, 11) is -3.53. The van der Waals surface area contributed by atoms with Gasteiger partial charge in [-0.3, -0.25) is 0 Å². The van der Waals surface area contributed by atoms with E-state index in [1.54, 1.807) is 30.3 Å². The molecule has 0 amide bonds. The molecule has 0 radical (unpaired) electrons. The summed E-state index contributed by atoms with van der Waals surface area (Å²) in [6, 6.07) is 12.7. The summed E-state index contributed by atoms with van der Waals surface area (Å²) in [4.78, 5) is 1.02. The van der Waals surface area contributed by atoms with Crippen molar-refractivity contribution in [2.24, 2.45) is 0 Å². The highest BCUT2D eigenvalue weighted by Gasteiger charge is 2.16. The summed E-state index contributed by atoms with van der Waals surface area (Å²) in [5, 5.41) is 7.97. The highest BCUT2D eigenvalue weighted by atomic mass is 32.2. The molecule has 0 fully saturated rings. The fourth-order valence-electron chi connectivity index (χ4n) is 2.27. The molecule has 2 aromatic heterocycles. The van der Waals surface area contributed by atoms with Crippen molar-refractivity contribution in [2.45, 2.75) is 17.6 Å². The van der Waals surface area contributed by atoms with Gasteiger partial charge in [0, 0.05) is 23.1 Å². The number of rotatable bonds is 8. The zero-order chi connectivity index (χ0) is 19.3. The van der Waals surface area contributed by atoms with E-state index >= 15 is 0 Å². The van der Waals surface area contributed by atoms with Gasteiger partial charge in [-0.05, 0) is 48.9 Å². The number of benzene rings is 1. The zero-order valence-electron chi connectivity index (χ0n) is 14.6. The van der Waals surface area contributed by atoms with Crippen molar-refractivity contribution < 1.29 is 17.5 Å². The van der Waals surface area contributed by atoms with E-state index in [1.165, 1.54) is 23.5 Å². The third-order valence-electron chi connectivity index (χ3n) is 3.67. The van der Waals surface area contributed by atoms with Gasteiger partial charge in [0.1, 0.15) is 16.6 Å². The third-order valence-corrected chi connectivity index (χ3v) is 6.86. The lowest BCUT2D eigenvalue weighted by Crippen LogP contribution is -2.27. The fraction of sp³-hybridized carbons (Fsp3) is 0.222. The molecule has 0 aliphatic rings. The van der Waals surface area contributed by atoms with Crippen LogP contribution < -0.4 is 9.46 Å². The molecule has 3 rings (SSSR count). The SMILES string of the molecule is CCc1ccc(S(=O)(=O)NCCOc2ccc(-c3ccc(F)cc3)nn2)s1. The van der Waals surface area contributed by atoms with E-state index in [0.29, 0.717) is 9.90 Å². The van der Waals surface area contributed by atoms with Gasteiger partial charge in [0.15, 0.2) is 0 Å². The number of nitrogens with zero attached hydrogens (tertiary/aromatic N) is 2. The summed E-state index contributed by atoms with van der Waals surface area (Å²) in [5.41, 5.74) is 1.33. The van der Waals surface area contributed by atoms with Crippen LogP contribution in [0.1, 0.15) is 11.8 Å². The average Bonchev–Trinajstić information content (AvgIpc) is 3.17. The van der Waals surface area contributed by atoms with Gasteiger partial charge in [-0.1, -0.05) is 6.92 Å². The van der Waals surface area contributed by atoms with E-state index in [0.717, 1.165) is 16.9 Å². The van der Waals surface area contributed by atoms with Gasteiger partial charge >= 0.3 is 0 Å². The number of hydrogen-bond donors (Lipinski definition) is 1. The second kappa shape index (κ2) is 8.55. The minimum Gasteiger partial charge on any atom is -0.475 e. The predicted molar refractivity (Wildman–Crippen MR) is 102 cm³/mol. The van der Waals surface area contributed by atoms with Gasteiger partial charge in [-0.2, -0.15) is 0 Å². The first-order chi connectivity index (χ1) is 13.0. The van der Waals surface area contributed by atoms with Crippen LogP contribution in [0.2, 0.25) is 0 Å². The van der Waals surface area contributed by atoms with E-state index in [4.69, 9.17) is 4.74 Å². The Morgan fingerprint density at radius 3 is 2.48 bits per heavy atom. The van der Waals surface area contributed by atoms with Crippen LogP contribution in [-0.4, -0.2) is 31.8 Å². The molecule has 0 aliphatic heterocycles. The number of thiophene rings is 1. The molecule has 0 saturated carbocycles. The molecular formula is C18H18FN3O3S2. The molecule has 1 aromatic carbocycles. The Morgan fingerprint density at radius 1 is 1.07 bits per heavy atom. The molecule has 0 spiro atoms. The van der Waals surface area contributed by atoms with Crippen LogP contribution in [0.15, 0.2) is 52.7 Å². The normalized spacial score (nSPS) is 11.5. The fourth-order valence-corrected chi connectivity index (χ4v) is 4.62. The lowest BCUT2D eigenvalue weighted by atomic mass is 10.1. The lowest BCUT2D eigenvalue weighted by Gasteiger charge is -2.07. The number of halogens is 1. The molecule has 6 nitrogen and oxygen atoms in total. The van der Waals surface area contributed by atoms with Crippen molar-refractivity contribution in [3.05, 3.63) is 59.2 Å². The standard InChI is InChI=1S/C18H18FN3O3S2/c1-2-15-7-10-18(26-15)27(23,24)20-11-12-25-17-9-8-16(21-22-17)13-3-5-14(19)6-4-13/h3-10,20H,2,11-12H2,1H3. The van der Waals surface area contributed by atoms with Crippen LogP contribution in [0.25, 0.3) is 11.3 Å². The molecule has 0 bridgehead atoms. The summed E-state index contributed by atoms with van der Waals surface area (Å²) in [6.45, 7) is 2.21. The number of sulfonamides is 1. The van der Waals surface area contributed by atoms with Gasteiger partial charge in [0.05, 0.1) is 5.69 Å². The first-order valence-corrected chi connectivity index (χ1v) is 10.6. The van der Waals surface area contributed by atoms with E-state index in [2.05, 4.69) is 14.9 Å². The molecule has 27 heavy (non-hydrogen) atoms. The Labute approximate surface area is 161 Å². The molecule has 142 valence electrons. The lowest BCUT2D eigenvalue weighted by molar-refractivity contribution is 0.307. The molecule has 0 atom stereocenters. The van der Waals surface area contributed by atoms with E-state index < -0.39 is 10.0 Å². The monoisotopic (exact) mass is 407 g/mol. The Balaban J connectivity index is 1.51. The van der Waals surface area contributed by atoms with E-state index in [9.17, 15) is 12.8 Å². The largest absolute Gasteiger partial charge is 0.475 e. The van der Waals surface area contributed by atoms with Gasteiger partial charge in [-0.25, -0.2) is 17.5 Å². The van der Waals surface area contributed by atoms with Crippen LogP contribution in [0.4, 0.5) is 4.39 Å². The summed E-state index contributed by atoms with van der Waals surface area (Å²) in [5.74, 6) is -0.0352. The molecule has 9 heteroatoms. The van der Waals surface area contributed by atoms with Crippen molar-refractivity contribution in [3.8, 4) is 17.1 Å². The molecule has 0 unspecified atom stereocenters. The van der Waals surface area contributed by atoms with E-state index in [1.807, 2.05) is 13.0 Å². The average molecular weight is 407 g/mol. The van der Waals surface area contributed by atoms with Crippen molar-refractivity contribution in [1.29, 1.82) is 0 Å². The van der Waals surface area contributed by atoms with Crippen molar-refractivity contribution >= 4 is 21.4 Å². The highest BCUT2D eigenvalue weighted by molar-refractivity contribution is 7.91. The zero-order valence-corrected chi connectivity index (χ0v) is 16.2. The van der Waals surface area contributed by atoms with Crippen LogP contribution in [-0.2, 0) is 16.4 Å². The second-order valence-electron chi connectivity index (χ2n) is 5.58. The maximum atomic E-state index is 12.9. The molecule has 0 aliphatic carbocycles. The predicted octanol–water partition coefficient (Wildman–Crippen LogP) is 3.26. The quantitative estimate of drug-likeness (QED) is 0.580. The number of aryl methyl sites for hydroxylation is 1. The Kier molecular flexibility index (Phi) is 6.15. The molecule has 3 aromatic rings. The maximum Gasteiger partial charge on any atom is 0.250 e. The van der Waals surface area contributed by atoms with E-state index in [-0.39, 0.29) is 24.8 Å². The first kappa shape index (κ1) is 19.4. The summed E-state index contributed by atoms with van der Waals surface area (Å²) < 4.78 is 45.5. The van der Waals surface area contributed by atoms with Gasteiger partial charge in [0.2, 0.25) is 15.9 Å². The molecule has 1 N–H and O–H groups in total. The van der Waals surface area contributed by atoms with Crippen LogP contribution in [0, 0.1) is 5.82 Å². The minimum atomic E-state index is -3.53. The van der Waals surface area contributed by atoms with Crippen LogP contribution >= 0.6 is 11.3 Å². The minimum absolute atomic E-state index is 0.114. The maximum absolute atomic E-state index is 12.9. The van der Waals surface area contributed by atoms with Crippen molar-refractivity contribution in [1.82, 2.24) is 14.9 Å². The second-order valence-corrected chi connectivity index (χ2v) is 8.75. The Bertz CT molecular complexity index is 987. The van der Waals surface area contributed by atoms with Gasteiger partial charge < -0.3 is 4.74 Å². The van der Waals surface area contributed by atoms with Gasteiger partial charge in [0.25, 0.3) is 0 Å². The van der Waals surface area contributed by atoms with Crippen LogP contribution in [0.3, 0.4) is 0 Å². The number of aromatic nitrogens is 2. The number of nitrogens with one attached hydrogen (secondary N) is 1. The summed E-state index contributed by atoms with van der Waals surface area (Å²) >= 11 is 1.26. The smallest absolute Gasteiger partial charge is 0.250 e. The topological polar surface area (TPSA) is 81.2 Å². The first-order valence-electron chi connectivity index (χ1n) is 8.29. The van der Waals surface area contributed by atoms with Gasteiger partial charge in [-0.15, -0.1) is 21.5 Å². The van der Waals surface area contributed by atoms with Crippen molar-refractivity contribution in [2.75, 3.05) is 13.2 Å². The Morgan fingerprint density at radius 2 is 1.85 bits per heavy atom. The van der Waals surface area contributed by atoms with Crippen molar-refractivity contribution in [3.63, 3.8) is 0 Å². The molecular weight excluding hydrogens is 389 g/mol. The third kappa shape index (κ3) is 5.09. The Hall–Kier alpha value is -2.36. The molecule has 0 saturated heterocycles. The van der Waals surface area contributed by atoms with Crippen LogP contribution in [0.5, 0.6) is 5.88 Å².